The number of hydrogen-bond donors (Lipinski definition) is 1. The van der Waals surface area contributed by atoms with Gasteiger partial charge in [-0.3, -0.25) is 4.79 Å². The van der Waals surface area contributed by atoms with E-state index in [1.54, 1.807) is 17.0 Å². The zero-order chi connectivity index (χ0) is 15.5. The molecule has 1 unspecified atom stereocenters. The summed E-state index contributed by atoms with van der Waals surface area (Å²) in [5, 5.41) is 5.20. The van der Waals surface area contributed by atoms with Crippen LogP contribution in [0.15, 0.2) is 23.1 Å². The zero-order valence-electron chi connectivity index (χ0n) is 12.4. The molecule has 1 atom stereocenters. The zero-order valence-corrected chi connectivity index (χ0v) is 13.2. The number of carbonyl (C=O) groups is 1. The van der Waals surface area contributed by atoms with E-state index in [1.165, 1.54) is 6.07 Å². The lowest BCUT2D eigenvalue weighted by atomic mass is 10.1. The Morgan fingerprint density at radius 3 is 2.40 bits per heavy atom. The lowest BCUT2D eigenvalue weighted by molar-refractivity contribution is 0.0696. The van der Waals surface area contributed by atoms with Gasteiger partial charge in [0.15, 0.2) is 0 Å². The molecule has 5 nitrogen and oxygen atoms in total. The first-order valence-electron chi connectivity index (χ1n) is 6.66. The average Bonchev–Trinajstić information content (AvgIpc) is 2.37. The molecule has 1 rings (SSSR count). The number of primary sulfonamides is 1. The second-order valence-electron chi connectivity index (χ2n) is 4.89. The van der Waals surface area contributed by atoms with Crippen LogP contribution in [0.5, 0.6) is 0 Å². The quantitative estimate of drug-likeness (QED) is 0.901. The molecule has 0 bridgehead atoms. The summed E-state index contributed by atoms with van der Waals surface area (Å²) in [6.07, 6.45) is 0.802. The van der Waals surface area contributed by atoms with Gasteiger partial charge in [0, 0.05) is 12.6 Å². The van der Waals surface area contributed by atoms with Crippen molar-refractivity contribution < 1.29 is 13.2 Å². The number of nitrogens with two attached hydrogens (primary N) is 1. The summed E-state index contributed by atoms with van der Waals surface area (Å²) >= 11 is 0. The summed E-state index contributed by atoms with van der Waals surface area (Å²) in [5.74, 6) is -0.297. The molecule has 1 amide bonds. The lowest BCUT2D eigenvalue weighted by Crippen LogP contribution is -2.39. The van der Waals surface area contributed by atoms with Gasteiger partial charge in [0.25, 0.3) is 5.91 Å². The van der Waals surface area contributed by atoms with Gasteiger partial charge in [-0.05, 0) is 39.3 Å². The van der Waals surface area contributed by atoms with Crippen LogP contribution in [0.3, 0.4) is 0 Å². The first kappa shape index (κ1) is 16.7. The van der Waals surface area contributed by atoms with Crippen molar-refractivity contribution in [3.8, 4) is 0 Å². The molecule has 2 N–H and O–H groups in total. The highest BCUT2D eigenvalue weighted by Crippen LogP contribution is 2.20. The van der Waals surface area contributed by atoms with Crippen LogP contribution in [0.25, 0.3) is 0 Å². The number of aryl methyl sites for hydroxylation is 1. The number of hydrogen-bond acceptors (Lipinski definition) is 3. The van der Waals surface area contributed by atoms with E-state index < -0.39 is 10.0 Å². The SMILES string of the molecule is CCC(C)N(CC)C(=O)c1cc(C)ccc1S(N)(=O)=O. The van der Waals surface area contributed by atoms with Crippen LogP contribution in [0.4, 0.5) is 0 Å². The van der Waals surface area contributed by atoms with Gasteiger partial charge in [-0.25, -0.2) is 13.6 Å². The summed E-state index contributed by atoms with van der Waals surface area (Å²) in [5.41, 5.74) is 0.968. The van der Waals surface area contributed by atoms with Gasteiger partial charge in [0.05, 0.1) is 10.5 Å². The van der Waals surface area contributed by atoms with Crippen molar-refractivity contribution in [2.75, 3.05) is 6.54 Å². The van der Waals surface area contributed by atoms with Crippen molar-refractivity contribution in [3.05, 3.63) is 29.3 Å². The highest BCUT2D eigenvalue weighted by molar-refractivity contribution is 7.89. The third-order valence-electron chi connectivity index (χ3n) is 3.40. The average molecular weight is 298 g/mol. The van der Waals surface area contributed by atoms with Crippen LogP contribution in [-0.2, 0) is 10.0 Å². The fourth-order valence-corrected chi connectivity index (χ4v) is 2.80. The molecule has 0 aliphatic carbocycles. The number of amides is 1. The largest absolute Gasteiger partial charge is 0.336 e. The molecule has 0 radical (unpaired) electrons. The summed E-state index contributed by atoms with van der Waals surface area (Å²) in [4.78, 5) is 14.1. The Balaban J connectivity index is 3.38. The fourth-order valence-electron chi connectivity index (χ4n) is 2.09. The van der Waals surface area contributed by atoms with Gasteiger partial charge < -0.3 is 4.90 Å². The van der Waals surface area contributed by atoms with E-state index in [0.717, 1.165) is 12.0 Å². The normalized spacial score (nSPS) is 13.1. The topological polar surface area (TPSA) is 80.5 Å². The van der Waals surface area contributed by atoms with Crippen LogP contribution in [-0.4, -0.2) is 31.8 Å². The van der Waals surface area contributed by atoms with Crippen molar-refractivity contribution in [1.82, 2.24) is 4.90 Å². The number of benzene rings is 1. The monoisotopic (exact) mass is 298 g/mol. The number of carbonyl (C=O) groups excluding carboxylic acids is 1. The van der Waals surface area contributed by atoms with Crippen LogP contribution in [0.1, 0.15) is 43.1 Å². The molecule has 112 valence electrons. The molecule has 0 saturated heterocycles. The minimum absolute atomic E-state index is 0.0429. The van der Waals surface area contributed by atoms with Gasteiger partial charge in [0.1, 0.15) is 0 Å². The third-order valence-corrected chi connectivity index (χ3v) is 4.37. The van der Waals surface area contributed by atoms with Crippen LogP contribution < -0.4 is 5.14 Å². The van der Waals surface area contributed by atoms with Crippen LogP contribution in [0.2, 0.25) is 0 Å². The van der Waals surface area contributed by atoms with Crippen molar-refractivity contribution in [2.45, 2.75) is 45.1 Å². The van der Waals surface area contributed by atoms with Crippen molar-refractivity contribution >= 4 is 15.9 Å². The highest BCUT2D eigenvalue weighted by atomic mass is 32.2. The fraction of sp³-hybridized carbons (Fsp3) is 0.500. The summed E-state index contributed by atoms with van der Waals surface area (Å²) < 4.78 is 23.3. The molecule has 0 aliphatic rings. The first-order valence-corrected chi connectivity index (χ1v) is 8.21. The van der Waals surface area contributed by atoms with E-state index >= 15 is 0 Å². The maximum atomic E-state index is 12.6. The Hall–Kier alpha value is -1.40. The molecule has 1 aromatic carbocycles. The maximum Gasteiger partial charge on any atom is 0.255 e. The predicted octanol–water partition coefficient (Wildman–Crippen LogP) is 1.90. The van der Waals surface area contributed by atoms with Gasteiger partial charge >= 0.3 is 0 Å². The van der Waals surface area contributed by atoms with Crippen molar-refractivity contribution in [1.29, 1.82) is 0 Å². The molecule has 0 fully saturated rings. The number of sulfonamides is 1. The van der Waals surface area contributed by atoms with Gasteiger partial charge in [0.2, 0.25) is 10.0 Å². The standard InChI is InChI=1S/C14H22N2O3S/c1-5-11(4)16(6-2)14(17)12-9-10(3)7-8-13(12)20(15,18)19/h7-9,11H,5-6H2,1-4H3,(H2,15,18,19). The van der Waals surface area contributed by atoms with Gasteiger partial charge in [-0.1, -0.05) is 18.6 Å². The van der Waals surface area contributed by atoms with Crippen LogP contribution in [0, 0.1) is 6.92 Å². The molecule has 0 saturated carbocycles. The molecular weight excluding hydrogens is 276 g/mol. The highest BCUT2D eigenvalue weighted by Gasteiger charge is 2.25. The first-order chi connectivity index (χ1) is 9.22. The molecule has 0 spiro atoms. The lowest BCUT2D eigenvalue weighted by Gasteiger charge is -2.28. The molecule has 6 heteroatoms. The Labute approximate surface area is 120 Å². The van der Waals surface area contributed by atoms with E-state index in [-0.39, 0.29) is 22.4 Å². The minimum Gasteiger partial charge on any atom is -0.336 e. The van der Waals surface area contributed by atoms with Gasteiger partial charge in [-0.2, -0.15) is 0 Å². The Morgan fingerprint density at radius 1 is 1.35 bits per heavy atom. The summed E-state index contributed by atoms with van der Waals surface area (Å²) in [6.45, 7) is 8.12. The maximum absolute atomic E-state index is 12.6. The Morgan fingerprint density at radius 2 is 1.95 bits per heavy atom. The molecule has 0 heterocycles. The molecular formula is C14H22N2O3S. The Kier molecular flexibility index (Phi) is 5.30. The van der Waals surface area contributed by atoms with Crippen molar-refractivity contribution in [3.63, 3.8) is 0 Å². The smallest absolute Gasteiger partial charge is 0.255 e. The van der Waals surface area contributed by atoms with E-state index in [4.69, 9.17) is 5.14 Å². The third kappa shape index (κ3) is 3.58. The predicted molar refractivity (Wildman–Crippen MR) is 79.0 cm³/mol. The van der Waals surface area contributed by atoms with E-state index in [2.05, 4.69) is 0 Å². The summed E-state index contributed by atoms with van der Waals surface area (Å²) in [6, 6.07) is 4.65. The van der Waals surface area contributed by atoms with Gasteiger partial charge in [-0.15, -0.1) is 0 Å². The Bertz CT molecular complexity index is 596. The van der Waals surface area contributed by atoms with E-state index in [0.29, 0.717) is 6.54 Å². The number of nitrogens with zero attached hydrogens (tertiary/aromatic N) is 1. The molecule has 1 aromatic rings. The van der Waals surface area contributed by atoms with Crippen LogP contribution >= 0.6 is 0 Å². The minimum atomic E-state index is -3.92. The van der Waals surface area contributed by atoms with Crippen molar-refractivity contribution in [2.24, 2.45) is 5.14 Å². The van der Waals surface area contributed by atoms with E-state index in [1.807, 2.05) is 27.7 Å². The molecule has 0 aliphatic heterocycles. The molecule has 20 heavy (non-hydrogen) atoms. The second kappa shape index (κ2) is 6.37. The number of rotatable bonds is 5. The second-order valence-corrected chi connectivity index (χ2v) is 6.42. The summed E-state index contributed by atoms with van der Waals surface area (Å²) in [7, 11) is -3.92. The molecule has 0 aromatic heterocycles. The van der Waals surface area contributed by atoms with E-state index in [9.17, 15) is 13.2 Å².